The number of rotatable bonds is 4. The molecule has 7 heteroatoms. The van der Waals surface area contributed by atoms with Gasteiger partial charge in [-0.1, -0.05) is 0 Å². The van der Waals surface area contributed by atoms with Gasteiger partial charge in [-0.2, -0.15) is 15.6 Å². The van der Waals surface area contributed by atoms with Gasteiger partial charge in [-0.3, -0.25) is 15.2 Å². The van der Waals surface area contributed by atoms with Crippen molar-refractivity contribution in [3.05, 3.63) is 54.4 Å². The molecule has 1 aromatic carbocycles. The van der Waals surface area contributed by atoms with E-state index in [1.165, 1.54) is 6.20 Å². The lowest BCUT2D eigenvalue weighted by Crippen LogP contribution is -2.11. The first-order chi connectivity index (χ1) is 10.7. The second-order valence-corrected chi connectivity index (χ2v) is 4.07. The number of anilines is 2. The van der Waals surface area contributed by atoms with Crippen LogP contribution in [-0.2, 0) is 0 Å². The molecule has 0 radical (unpaired) electrons. The molecule has 0 atom stereocenters. The van der Waals surface area contributed by atoms with Crippen LogP contribution < -0.4 is 10.7 Å². The largest absolute Gasteiger partial charge is 0.322 e. The minimum absolute atomic E-state index is 0.261. The Labute approximate surface area is 126 Å². The van der Waals surface area contributed by atoms with Crippen LogP contribution in [0.3, 0.4) is 0 Å². The third-order valence-corrected chi connectivity index (χ3v) is 2.58. The van der Waals surface area contributed by atoms with Crippen molar-refractivity contribution >= 4 is 23.0 Å². The Morgan fingerprint density at radius 3 is 2.36 bits per heavy atom. The number of carbonyl (C=O) groups excluding carboxylic acids is 1. The second kappa shape index (κ2) is 7.17. The highest BCUT2D eigenvalue weighted by molar-refractivity contribution is 6.10. The van der Waals surface area contributed by atoms with E-state index in [0.29, 0.717) is 16.9 Å². The molecule has 1 amide bonds. The van der Waals surface area contributed by atoms with E-state index in [-0.39, 0.29) is 11.6 Å². The second-order valence-electron chi connectivity index (χ2n) is 4.07. The van der Waals surface area contributed by atoms with Crippen LogP contribution in [0.15, 0.2) is 53.9 Å². The van der Waals surface area contributed by atoms with E-state index >= 15 is 0 Å². The zero-order chi connectivity index (χ0) is 15.8. The number of amides is 1. The van der Waals surface area contributed by atoms with Gasteiger partial charge >= 0.3 is 0 Å². The Hall–Kier alpha value is -3.71. The van der Waals surface area contributed by atoms with Crippen molar-refractivity contribution in [2.24, 2.45) is 5.10 Å². The first kappa shape index (κ1) is 14.7. The summed E-state index contributed by atoms with van der Waals surface area (Å²) in [4.78, 5) is 15.8. The maximum absolute atomic E-state index is 11.9. The lowest BCUT2D eigenvalue weighted by Gasteiger charge is -2.06. The molecule has 0 fully saturated rings. The fraction of sp³-hybridized carbons (Fsp3) is 0. The molecular formula is C15H10N6O. The van der Waals surface area contributed by atoms with Gasteiger partial charge in [0.25, 0.3) is 5.91 Å². The summed E-state index contributed by atoms with van der Waals surface area (Å²) in [6.45, 7) is 0. The lowest BCUT2D eigenvalue weighted by atomic mass is 10.2. The van der Waals surface area contributed by atoms with E-state index in [1.807, 2.05) is 0 Å². The van der Waals surface area contributed by atoms with Gasteiger partial charge in [0.05, 0.1) is 11.3 Å². The molecule has 106 valence electrons. The van der Waals surface area contributed by atoms with Crippen LogP contribution in [-0.4, -0.2) is 16.6 Å². The number of nitriles is 2. The molecule has 0 aliphatic heterocycles. The summed E-state index contributed by atoms with van der Waals surface area (Å²) in [6, 6.07) is 13.3. The first-order valence-corrected chi connectivity index (χ1v) is 6.18. The number of hydrogen-bond acceptors (Lipinski definition) is 6. The molecule has 0 saturated heterocycles. The van der Waals surface area contributed by atoms with Crippen molar-refractivity contribution in [2.45, 2.75) is 0 Å². The van der Waals surface area contributed by atoms with Crippen molar-refractivity contribution in [3.63, 3.8) is 0 Å². The van der Waals surface area contributed by atoms with Crippen molar-refractivity contribution in [1.29, 1.82) is 10.5 Å². The van der Waals surface area contributed by atoms with E-state index in [2.05, 4.69) is 20.8 Å². The molecule has 0 aliphatic carbocycles. The Morgan fingerprint density at radius 1 is 1.09 bits per heavy atom. The first-order valence-electron chi connectivity index (χ1n) is 6.18. The maximum atomic E-state index is 11.9. The molecule has 22 heavy (non-hydrogen) atoms. The van der Waals surface area contributed by atoms with Crippen molar-refractivity contribution in [2.75, 3.05) is 10.7 Å². The summed E-state index contributed by atoms with van der Waals surface area (Å²) >= 11 is 0. The summed E-state index contributed by atoms with van der Waals surface area (Å²) in [5.41, 5.74) is 3.96. The van der Waals surface area contributed by atoms with E-state index in [9.17, 15) is 4.79 Å². The van der Waals surface area contributed by atoms with E-state index in [4.69, 9.17) is 10.5 Å². The van der Waals surface area contributed by atoms with Crippen molar-refractivity contribution < 1.29 is 4.79 Å². The molecule has 2 aromatic rings. The average molecular weight is 290 g/mol. The Bertz CT molecular complexity index is 752. The molecule has 2 N–H and O–H groups in total. The number of hydrogen-bond donors (Lipinski definition) is 2. The molecule has 0 bridgehead atoms. The van der Waals surface area contributed by atoms with Gasteiger partial charge in [-0.05, 0) is 36.4 Å². The fourth-order valence-corrected chi connectivity index (χ4v) is 1.52. The molecule has 0 spiro atoms. The Balaban J connectivity index is 2.01. The zero-order valence-electron chi connectivity index (χ0n) is 11.3. The van der Waals surface area contributed by atoms with Gasteiger partial charge < -0.3 is 5.32 Å². The zero-order valence-corrected chi connectivity index (χ0v) is 11.3. The highest BCUT2D eigenvalue weighted by Gasteiger charge is 2.05. The van der Waals surface area contributed by atoms with E-state index < -0.39 is 0 Å². The van der Waals surface area contributed by atoms with E-state index in [0.717, 1.165) is 0 Å². The van der Waals surface area contributed by atoms with Crippen LogP contribution in [0.1, 0.15) is 10.4 Å². The molecule has 1 heterocycles. The molecule has 1 aromatic heterocycles. The predicted molar refractivity (Wildman–Crippen MR) is 80.9 cm³/mol. The van der Waals surface area contributed by atoms with Gasteiger partial charge in [0.15, 0.2) is 0 Å². The van der Waals surface area contributed by atoms with Crippen molar-refractivity contribution in [3.8, 4) is 12.1 Å². The van der Waals surface area contributed by atoms with Crippen LogP contribution >= 0.6 is 0 Å². The summed E-state index contributed by atoms with van der Waals surface area (Å²) < 4.78 is 0. The minimum Gasteiger partial charge on any atom is -0.322 e. The van der Waals surface area contributed by atoms with Crippen LogP contribution in [0, 0.1) is 22.7 Å². The van der Waals surface area contributed by atoms with Crippen LogP contribution in [0.2, 0.25) is 0 Å². The number of aromatic nitrogens is 1. The maximum Gasteiger partial charge on any atom is 0.257 e. The third-order valence-electron chi connectivity index (χ3n) is 2.58. The molecule has 7 nitrogen and oxygen atoms in total. The van der Waals surface area contributed by atoms with Gasteiger partial charge in [0.1, 0.15) is 12.1 Å². The minimum atomic E-state index is -0.269. The number of benzene rings is 1. The summed E-state index contributed by atoms with van der Waals surface area (Å²) in [5.74, 6) is -0.261. The summed E-state index contributed by atoms with van der Waals surface area (Å²) in [7, 11) is 0. The molecule has 0 unspecified atom stereocenters. The number of pyridine rings is 1. The lowest BCUT2D eigenvalue weighted by molar-refractivity contribution is 0.102. The number of nitrogens with one attached hydrogen (secondary N) is 2. The predicted octanol–water partition coefficient (Wildman–Crippen LogP) is 2.15. The van der Waals surface area contributed by atoms with Crippen LogP contribution in [0.4, 0.5) is 11.4 Å². The molecular weight excluding hydrogens is 280 g/mol. The molecule has 0 aliphatic rings. The number of carbonyl (C=O) groups is 1. The summed E-state index contributed by atoms with van der Waals surface area (Å²) in [5, 5.41) is 23.5. The van der Waals surface area contributed by atoms with Crippen LogP contribution in [0.25, 0.3) is 0 Å². The molecule has 2 rings (SSSR count). The van der Waals surface area contributed by atoms with E-state index in [1.54, 1.807) is 54.7 Å². The third kappa shape index (κ3) is 3.89. The smallest absolute Gasteiger partial charge is 0.257 e. The average Bonchev–Trinajstić information content (AvgIpc) is 2.58. The van der Waals surface area contributed by atoms with Crippen molar-refractivity contribution in [1.82, 2.24) is 4.98 Å². The fourth-order valence-electron chi connectivity index (χ4n) is 1.52. The number of nitrogens with zero attached hydrogens (tertiary/aromatic N) is 4. The monoisotopic (exact) mass is 290 g/mol. The standard InChI is InChI=1S/C15H10N6O/c16-8-14(9-17)21-20-13-5-3-12(4-6-13)19-15(22)11-2-1-7-18-10-11/h1-7,10,20H,(H,19,22). The number of hydrazone groups is 1. The highest BCUT2D eigenvalue weighted by atomic mass is 16.1. The Morgan fingerprint density at radius 2 is 1.77 bits per heavy atom. The highest BCUT2D eigenvalue weighted by Crippen LogP contribution is 2.14. The topological polar surface area (TPSA) is 114 Å². The van der Waals surface area contributed by atoms with Gasteiger partial charge in [0, 0.05) is 18.1 Å². The van der Waals surface area contributed by atoms with Gasteiger partial charge in [-0.15, -0.1) is 0 Å². The summed E-state index contributed by atoms with van der Waals surface area (Å²) in [6.07, 6.45) is 3.07. The molecule has 0 saturated carbocycles. The van der Waals surface area contributed by atoms with Gasteiger partial charge in [0.2, 0.25) is 5.71 Å². The Kier molecular flexibility index (Phi) is 4.79. The van der Waals surface area contributed by atoms with Crippen LogP contribution in [0.5, 0.6) is 0 Å². The SMILES string of the molecule is N#CC(C#N)=NNc1ccc(NC(=O)c2cccnc2)cc1. The normalized spacial score (nSPS) is 9.00. The van der Waals surface area contributed by atoms with Gasteiger partial charge in [-0.25, -0.2) is 0 Å². The quantitative estimate of drug-likeness (QED) is 0.661.